The Labute approximate surface area is 127 Å². The Balaban J connectivity index is 1.97. The molecule has 2 rings (SSSR count). The van der Waals surface area contributed by atoms with Gasteiger partial charge in [-0.15, -0.1) is 0 Å². The van der Waals surface area contributed by atoms with Gasteiger partial charge in [-0.2, -0.15) is 0 Å². The summed E-state index contributed by atoms with van der Waals surface area (Å²) >= 11 is 3.21. The molecule has 1 aromatic rings. The van der Waals surface area contributed by atoms with Crippen LogP contribution in [0.15, 0.2) is 27.3 Å². The Morgan fingerprint density at radius 2 is 2.45 bits per heavy atom. The quantitative estimate of drug-likeness (QED) is 0.827. The van der Waals surface area contributed by atoms with Crippen LogP contribution in [0.3, 0.4) is 0 Å². The SMILES string of the molecule is CC1CCCC(CO)(NC(=O)C=Cc2ccc(Br)o2)C1. The maximum absolute atomic E-state index is 12.0. The van der Waals surface area contributed by atoms with Gasteiger partial charge in [0.25, 0.3) is 0 Å². The molecule has 0 saturated heterocycles. The molecule has 0 spiro atoms. The van der Waals surface area contributed by atoms with Gasteiger partial charge in [-0.05, 0) is 52.9 Å². The molecule has 5 heteroatoms. The third-order valence-corrected chi connectivity index (χ3v) is 4.20. The monoisotopic (exact) mass is 341 g/mol. The number of nitrogens with one attached hydrogen (secondary N) is 1. The summed E-state index contributed by atoms with van der Waals surface area (Å²) in [6.07, 6.45) is 6.93. The number of carbonyl (C=O) groups is 1. The van der Waals surface area contributed by atoms with Gasteiger partial charge in [0.2, 0.25) is 5.91 Å². The zero-order valence-electron chi connectivity index (χ0n) is 11.6. The number of carbonyl (C=O) groups excluding carboxylic acids is 1. The number of furan rings is 1. The van der Waals surface area contributed by atoms with E-state index in [9.17, 15) is 9.90 Å². The van der Waals surface area contributed by atoms with Gasteiger partial charge in [-0.3, -0.25) is 4.79 Å². The van der Waals surface area contributed by atoms with Crippen molar-refractivity contribution in [2.24, 2.45) is 5.92 Å². The van der Waals surface area contributed by atoms with Crippen LogP contribution in [0.25, 0.3) is 6.08 Å². The molecule has 1 heterocycles. The van der Waals surface area contributed by atoms with Crippen LogP contribution in [-0.4, -0.2) is 23.2 Å². The van der Waals surface area contributed by atoms with E-state index in [1.54, 1.807) is 18.2 Å². The third kappa shape index (κ3) is 3.96. The predicted molar refractivity (Wildman–Crippen MR) is 81.0 cm³/mol. The van der Waals surface area contributed by atoms with Crippen LogP contribution < -0.4 is 5.32 Å². The summed E-state index contributed by atoms with van der Waals surface area (Å²) in [6, 6.07) is 3.55. The van der Waals surface area contributed by atoms with Gasteiger partial charge in [0.05, 0.1) is 12.1 Å². The van der Waals surface area contributed by atoms with Gasteiger partial charge in [-0.25, -0.2) is 0 Å². The fourth-order valence-corrected chi connectivity index (χ4v) is 3.15. The van der Waals surface area contributed by atoms with E-state index >= 15 is 0 Å². The van der Waals surface area contributed by atoms with Crippen LogP contribution in [0.2, 0.25) is 0 Å². The van der Waals surface area contributed by atoms with Crippen molar-refractivity contribution in [3.8, 4) is 0 Å². The van der Waals surface area contributed by atoms with Gasteiger partial charge in [-0.1, -0.05) is 19.8 Å². The van der Waals surface area contributed by atoms with Crippen molar-refractivity contribution in [1.82, 2.24) is 5.32 Å². The average Bonchev–Trinajstić information content (AvgIpc) is 2.82. The molecule has 1 fully saturated rings. The number of hydrogen-bond donors (Lipinski definition) is 2. The lowest BCUT2D eigenvalue weighted by molar-refractivity contribution is -0.119. The van der Waals surface area contributed by atoms with E-state index < -0.39 is 5.54 Å². The molecule has 4 nitrogen and oxygen atoms in total. The zero-order chi connectivity index (χ0) is 14.6. The Bertz CT molecular complexity index is 497. The summed E-state index contributed by atoms with van der Waals surface area (Å²) in [6.45, 7) is 2.15. The van der Waals surface area contributed by atoms with Crippen LogP contribution in [0.4, 0.5) is 0 Å². The van der Waals surface area contributed by atoms with Gasteiger partial charge >= 0.3 is 0 Å². The van der Waals surface area contributed by atoms with E-state index in [1.807, 2.05) is 0 Å². The van der Waals surface area contributed by atoms with E-state index in [2.05, 4.69) is 28.2 Å². The molecule has 1 aliphatic rings. The predicted octanol–water partition coefficient (Wildman–Crippen LogP) is 3.11. The number of hydrogen-bond acceptors (Lipinski definition) is 3. The van der Waals surface area contributed by atoms with Crippen LogP contribution >= 0.6 is 15.9 Å². The molecule has 0 aliphatic heterocycles. The summed E-state index contributed by atoms with van der Waals surface area (Å²) < 4.78 is 5.92. The third-order valence-electron chi connectivity index (χ3n) is 3.78. The summed E-state index contributed by atoms with van der Waals surface area (Å²) in [7, 11) is 0. The lowest BCUT2D eigenvalue weighted by Gasteiger charge is -2.39. The Hall–Kier alpha value is -1.07. The second-order valence-corrected chi connectivity index (χ2v) is 6.39. The minimum Gasteiger partial charge on any atom is -0.450 e. The topological polar surface area (TPSA) is 62.5 Å². The summed E-state index contributed by atoms with van der Waals surface area (Å²) in [5.41, 5.74) is -0.469. The van der Waals surface area contributed by atoms with Crippen molar-refractivity contribution in [3.63, 3.8) is 0 Å². The molecule has 1 aliphatic carbocycles. The van der Waals surface area contributed by atoms with Crippen molar-refractivity contribution in [1.29, 1.82) is 0 Å². The standard InChI is InChI=1S/C15H20BrNO3/c1-11-3-2-8-15(9-11,10-18)17-14(19)7-5-12-4-6-13(16)20-12/h4-7,11,18H,2-3,8-10H2,1H3,(H,17,19). The lowest BCUT2D eigenvalue weighted by Crippen LogP contribution is -2.53. The van der Waals surface area contributed by atoms with Crippen LogP contribution in [-0.2, 0) is 4.79 Å². The van der Waals surface area contributed by atoms with Crippen molar-refractivity contribution >= 4 is 27.9 Å². The smallest absolute Gasteiger partial charge is 0.244 e. The van der Waals surface area contributed by atoms with Crippen LogP contribution in [0.5, 0.6) is 0 Å². The second-order valence-electron chi connectivity index (χ2n) is 5.60. The van der Waals surface area contributed by atoms with Crippen LogP contribution in [0.1, 0.15) is 38.4 Å². The normalized spacial score (nSPS) is 26.9. The number of aliphatic hydroxyl groups excluding tert-OH is 1. The van der Waals surface area contributed by atoms with Gasteiger partial charge in [0.1, 0.15) is 5.76 Å². The number of amides is 1. The van der Waals surface area contributed by atoms with Crippen molar-refractivity contribution in [3.05, 3.63) is 28.6 Å². The first-order valence-electron chi connectivity index (χ1n) is 6.89. The fraction of sp³-hybridized carbons (Fsp3) is 0.533. The largest absolute Gasteiger partial charge is 0.450 e. The molecule has 2 unspecified atom stereocenters. The first-order chi connectivity index (χ1) is 9.53. The highest BCUT2D eigenvalue weighted by molar-refractivity contribution is 9.10. The fourth-order valence-electron chi connectivity index (χ4n) is 2.84. The minimum atomic E-state index is -0.469. The summed E-state index contributed by atoms with van der Waals surface area (Å²) in [5.74, 6) is 0.948. The molecular formula is C15H20BrNO3. The molecule has 110 valence electrons. The first-order valence-corrected chi connectivity index (χ1v) is 7.69. The number of halogens is 1. The molecule has 1 saturated carbocycles. The maximum Gasteiger partial charge on any atom is 0.244 e. The highest BCUT2D eigenvalue weighted by Crippen LogP contribution is 2.31. The van der Waals surface area contributed by atoms with Gasteiger partial charge < -0.3 is 14.8 Å². The highest BCUT2D eigenvalue weighted by atomic mass is 79.9. The molecule has 1 amide bonds. The van der Waals surface area contributed by atoms with E-state index in [4.69, 9.17) is 4.42 Å². The number of aliphatic hydroxyl groups is 1. The van der Waals surface area contributed by atoms with Crippen molar-refractivity contribution in [2.45, 2.75) is 38.1 Å². The van der Waals surface area contributed by atoms with Gasteiger partial charge in [0, 0.05) is 6.08 Å². The second kappa shape index (κ2) is 6.59. The first kappa shape index (κ1) is 15.3. The summed E-state index contributed by atoms with van der Waals surface area (Å²) in [4.78, 5) is 12.0. The Kier molecular flexibility index (Phi) is 5.05. The van der Waals surface area contributed by atoms with Crippen molar-refractivity contribution in [2.75, 3.05) is 6.61 Å². The van der Waals surface area contributed by atoms with E-state index in [0.29, 0.717) is 16.3 Å². The van der Waals surface area contributed by atoms with E-state index in [1.165, 1.54) is 6.08 Å². The molecule has 0 aromatic carbocycles. The molecule has 0 radical (unpaired) electrons. The molecule has 20 heavy (non-hydrogen) atoms. The van der Waals surface area contributed by atoms with Gasteiger partial charge in [0.15, 0.2) is 4.67 Å². The zero-order valence-corrected chi connectivity index (χ0v) is 13.1. The van der Waals surface area contributed by atoms with Crippen LogP contribution in [0, 0.1) is 5.92 Å². The molecule has 2 atom stereocenters. The minimum absolute atomic E-state index is 0.0107. The Morgan fingerprint density at radius 3 is 3.05 bits per heavy atom. The summed E-state index contributed by atoms with van der Waals surface area (Å²) in [5, 5.41) is 12.6. The van der Waals surface area contributed by atoms with Crippen molar-refractivity contribution < 1.29 is 14.3 Å². The van der Waals surface area contributed by atoms with E-state index in [-0.39, 0.29) is 12.5 Å². The molecule has 2 N–H and O–H groups in total. The highest BCUT2D eigenvalue weighted by Gasteiger charge is 2.35. The molecule has 0 bridgehead atoms. The molecular weight excluding hydrogens is 322 g/mol. The molecule has 1 aromatic heterocycles. The number of rotatable bonds is 4. The maximum atomic E-state index is 12.0. The lowest BCUT2D eigenvalue weighted by atomic mass is 9.77. The average molecular weight is 342 g/mol. The van der Waals surface area contributed by atoms with E-state index in [0.717, 1.165) is 25.7 Å². The Morgan fingerprint density at radius 1 is 1.65 bits per heavy atom.